The van der Waals surface area contributed by atoms with E-state index in [0.717, 1.165) is 5.56 Å². The first-order valence-electron chi connectivity index (χ1n) is 4.32. The largest absolute Gasteiger partial charge is 0.394 e. The van der Waals surface area contributed by atoms with Crippen molar-refractivity contribution in [2.45, 2.75) is 6.10 Å². The van der Waals surface area contributed by atoms with Crippen molar-refractivity contribution in [2.24, 2.45) is 5.16 Å². The fourth-order valence-electron chi connectivity index (χ4n) is 0.819. The van der Waals surface area contributed by atoms with E-state index < -0.39 is 6.10 Å². The molecule has 1 atom stereocenters. The predicted molar refractivity (Wildman–Crippen MR) is 53.1 cm³/mol. The third kappa shape index (κ3) is 4.02. The number of benzene rings is 1. The minimum Gasteiger partial charge on any atom is -0.394 e. The van der Waals surface area contributed by atoms with Gasteiger partial charge >= 0.3 is 0 Å². The Morgan fingerprint density at radius 3 is 2.71 bits per heavy atom. The number of aliphatic hydroxyl groups excluding tert-OH is 2. The highest BCUT2D eigenvalue weighted by Gasteiger charge is 1.99. The highest BCUT2D eigenvalue weighted by molar-refractivity contribution is 5.78. The van der Waals surface area contributed by atoms with Crippen LogP contribution in [0.25, 0.3) is 0 Å². The van der Waals surface area contributed by atoms with Crippen molar-refractivity contribution in [1.82, 2.24) is 0 Å². The summed E-state index contributed by atoms with van der Waals surface area (Å²) in [4.78, 5) is 4.75. The second-order valence-corrected chi connectivity index (χ2v) is 2.78. The van der Waals surface area contributed by atoms with Gasteiger partial charge in [0, 0.05) is 0 Å². The molecule has 0 aliphatic carbocycles. The maximum atomic E-state index is 8.91. The van der Waals surface area contributed by atoms with Crippen LogP contribution in [-0.4, -0.2) is 35.7 Å². The van der Waals surface area contributed by atoms with Crippen LogP contribution in [0.3, 0.4) is 0 Å². The second-order valence-electron chi connectivity index (χ2n) is 2.78. The van der Waals surface area contributed by atoms with E-state index in [-0.39, 0.29) is 13.2 Å². The number of rotatable bonds is 5. The van der Waals surface area contributed by atoms with Crippen molar-refractivity contribution in [3.8, 4) is 0 Å². The summed E-state index contributed by atoms with van der Waals surface area (Å²) in [7, 11) is 0. The van der Waals surface area contributed by atoms with Gasteiger partial charge < -0.3 is 15.1 Å². The minimum absolute atomic E-state index is 0.000165. The summed E-state index contributed by atoms with van der Waals surface area (Å²) < 4.78 is 0. The van der Waals surface area contributed by atoms with Gasteiger partial charge in [-0.3, -0.25) is 0 Å². The number of hydrogen-bond donors (Lipinski definition) is 2. The molecule has 0 radical (unpaired) electrons. The zero-order valence-corrected chi connectivity index (χ0v) is 7.71. The highest BCUT2D eigenvalue weighted by atomic mass is 16.6. The first-order valence-corrected chi connectivity index (χ1v) is 4.32. The smallest absolute Gasteiger partial charge is 0.145 e. The molecule has 14 heavy (non-hydrogen) atoms. The van der Waals surface area contributed by atoms with E-state index in [1.807, 2.05) is 30.3 Å². The Morgan fingerprint density at radius 2 is 2.07 bits per heavy atom. The van der Waals surface area contributed by atoms with Crippen molar-refractivity contribution in [1.29, 1.82) is 0 Å². The normalized spacial score (nSPS) is 13.0. The van der Waals surface area contributed by atoms with E-state index in [1.54, 1.807) is 6.21 Å². The van der Waals surface area contributed by atoms with E-state index in [1.165, 1.54) is 0 Å². The van der Waals surface area contributed by atoms with Gasteiger partial charge in [0.25, 0.3) is 0 Å². The summed E-state index contributed by atoms with van der Waals surface area (Å²) in [5.74, 6) is 0. The molecule has 0 amide bonds. The van der Waals surface area contributed by atoms with E-state index in [0.29, 0.717) is 0 Å². The average molecular weight is 195 g/mol. The van der Waals surface area contributed by atoms with Gasteiger partial charge in [-0.2, -0.15) is 0 Å². The Hall–Kier alpha value is -1.39. The average Bonchev–Trinajstić information content (AvgIpc) is 2.25. The fourth-order valence-corrected chi connectivity index (χ4v) is 0.819. The molecule has 0 bridgehead atoms. The molecule has 0 saturated carbocycles. The van der Waals surface area contributed by atoms with Gasteiger partial charge in [-0.15, -0.1) is 0 Å². The van der Waals surface area contributed by atoms with E-state index >= 15 is 0 Å². The van der Waals surface area contributed by atoms with Crippen LogP contribution >= 0.6 is 0 Å². The molecule has 2 N–H and O–H groups in total. The van der Waals surface area contributed by atoms with Gasteiger partial charge in [0.2, 0.25) is 0 Å². The number of aliphatic hydroxyl groups is 2. The zero-order valence-electron chi connectivity index (χ0n) is 7.71. The molecule has 4 nitrogen and oxygen atoms in total. The lowest BCUT2D eigenvalue weighted by Gasteiger charge is -2.03. The van der Waals surface area contributed by atoms with Crippen LogP contribution in [0.2, 0.25) is 0 Å². The van der Waals surface area contributed by atoms with Crippen molar-refractivity contribution >= 4 is 6.21 Å². The molecule has 0 heterocycles. The quantitative estimate of drug-likeness (QED) is 0.527. The summed E-state index contributed by atoms with van der Waals surface area (Å²) in [6.45, 7) is -0.319. The molecule has 0 aliphatic rings. The van der Waals surface area contributed by atoms with E-state index in [4.69, 9.17) is 15.1 Å². The third-order valence-corrected chi connectivity index (χ3v) is 1.55. The first-order chi connectivity index (χ1) is 6.83. The molecule has 0 aliphatic heterocycles. The molecule has 76 valence electrons. The molecule has 1 unspecified atom stereocenters. The van der Waals surface area contributed by atoms with Crippen LogP contribution in [0.5, 0.6) is 0 Å². The molecule has 0 saturated heterocycles. The van der Waals surface area contributed by atoms with Crippen molar-refractivity contribution in [3.05, 3.63) is 35.9 Å². The number of nitrogens with zero attached hydrogens (tertiary/aromatic N) is 1. The second kappa shape index (κ2) is 6.12. The van der Waals surface area contributed by atoms with Crippen LogP contribution in [0.15, 0.2) is 35.5 Å². The standard InChI is InChI=1S/C10H13NO3/c12-7-10(13)8-14-11-6-9-4-2-1-3-5-9/h1-6,10,12-13H,7-8H2. The molecule has 0 aromatic heterocycles. The molecular formula is C10H13NO3. The topological polar surface area (TPSA) is 62.0 Å². The van der Waals surface area contributed by atoms with Gasteiger partial charge in [0.1, 0.15) is 12.7 Å². The Balaban J connectivity index is 2.28. The van der Waals surface area contributed by atoms with Crippen LogP contribution in [-0.2, 0) is 4.84 Å². The van der Waals surface area contributed by atoms with Crippen LogP contribution in [0.4, 0.5) is 0 Å². The van der Waals surface area contributed by atoms with E-state index in [2.05, 4.69) is 5.16 Å². The summed E-state index contributed by atoms with van der Waals surface area (Å²) in [6.07, 6.45) is 0.673. The minimum atomic E-state index is -0.872. The van der Waals surface area contributed by atoms with E-state index in [9.17, 15) is 0 Å². The summed E-state index contributed by atoms with van der Waals surface area (Å²) in [5.41, 5.74) is 0.922. The molecule has 1 aromatic rings. The molecule has 1 aromatic carbocycles. The first kappa shape index (κ1) is 10.7. The fraction of sp³-hybridized carbons (Fsp3) is 0.300. The summed E-state index contributed by atoms with van der Waals surface area (Å²) in [6, 6.07) is 9.46. The molecule has 0 fully saturated rings. The SMILES string of the molecule is OCC(O)CON=Cc1ccccc1. The lowest BCUT2D eigenvalue weighted by molar-refractivity contribution is 0.00884. The maximum absolute atomic E-state index is 8.91. The lowest BCUT2D eigenvalue weighted by atomic mass is 10.2. The van der Waals surface area contributed by atoms with Crippen LogP contribution in [0.1, 0.15) is 5.56 Å². The van der Waals surface area contributed by atoms with Gasteiger partial charge in [0.15, 0.2) is 0 Å². The van der Waals surface area contributed by atoms with Gasteiger partial charge in [-0.1, -0.05) is 35.5 Å². The Kier molecular flexibility index (Phi) is 4.68. The van der Waals surface area contributed by atoms with Crippen LogP contribution in [0, 0.1) is 0 Å². The van der Waals surface area contributed by atoms with Gasteiger partial charge in [-0.05, 0) is 5.56 Å². The highest BCUT2D eigenvalue weighted by Crippen LogP contribution is 1.94. The molecular weight excluding hydrogens is 182 g/mol. The summed E-state index contributed by atoms with van der Waals surface area (Å²) >= 11 is 0. The number of oxime groups is 1. The molecule has 4 heteroatoms. The lowest BCUT2D eigenvalue weighted by Crippen LogP contribution is -2.17. The van der Waals surface area contributed by atoms with Crippen molar-refractivity contribution in [2.75, 3.05) is 13.2 Å². The van der Waals surface area contributed by atoms with Crippen molar-refractivity contribution in [3.63, 3.8) is 0 Å². The zero-order chi connectivity index (χ0) is 10.2. The predicted octanol–water partition coefficient (Wildman–Crippen LogP) is 0.390. The summed E-state index contributed by atoms with van der Waals surface area (Å²) in [5, 5.41) is 21.0. The van der Waals surface area contributed by atoms with Gasteiger partial charge in [-0.25, -0.2) is 0 Å². The van der Waals surface area contributed by atoms with Crippen LogP contribution < -0.4 is 0 Å². The molecule has 1 rings (SSSR count). The van der Waals surface area contributed by atoms with Gasteiger partial charge in [0.05, 0.1) is 12.8 Å². The Morgan fingerprint density at radius 1 is 1.36 bits per heavy atom. The molecule has 0 spiro atoms. The Labute approximate surface area is 82.4 Å². The Bertz CT molecular complexity index is 274. The number of hydrogen-bond acceptors (Lipinski definition) is 4. The monoisotopic (exact) mass is 195 g/mol. The maximum Gasteiger partial charge on any atom is 0.145 e. The third-order valence-electron chi connectivity index (χ3n) is 1.55. The van der Waals surface area contributed by atoms with Crippen molar-refractivity contribution < 1.29 is 15.1 Å².